The highest BCUT2D eigenvalue weighted by Gasteiger charge is 2.31. The lowest BCUT2D eigenvalue weighted by molar-refractivity contribution is -0.125. The molecular weight excluding hydrogens is 374 g/mol. The Hall–Kier alpha value is -3.19. The molecule has 0 spiro atoms. The normalized spacial score (nSPS) is 20.5. The lowest BCUT2D eigenvalue weighted by Gasteiger charge is -2.23. The molecule has 1 N–H and O–H groups in total. The first-order chi connectivity index (χ1) is 14.1. The molecule has 2 aromatic rings. The van der Waals surface area contributed by atoms with Gasteiger partial charge in [0, 0.05) is 18.7 Å². The fourth-order valence-electron chi connectivity index (χ4n) is 3.42. The summed E-state index contributed by atoms with van der Waals surface area (Å²) in [6.07, 6.45) is 1.28. The van der Waals surface area contributed by atoms with Gasteiger partial charge < -0.3 is 19.5 Å². The number of esters is 2. The van der Waals surface area contributed by atoms with Crippen LogP contribution in [0.1, 0.15) is 39.1 Å². The number of hydrogen-bond donors (Lipinski definition) is 1. The molecule has 1 saturated heterocycles. The van der Waals surface area contributed by atoms with Crippen molar-refractivity contribution in [2.24, 2.45) is 0 Å². The number of rotatable bonds is 5. The molecule has 2 aliphatic rings. The first-order valence-electron chi connectivity index (χ1n) is 9.59. The number of fused-ring (bicyclic) bond motifs is 1. The summed E-state index contributed by atoms with van der Waals surface area (Å²) >= 11 is 0. The quantitative estimate of drug-likeness (QED) is 0.783. The van der Waals surface area contributed by atoms with Crippen molar-refractivity contribution >= 4 is 23.5 Å². The minimum Gasteiger partial charge on any atom is -0.459 e. The molecule has 0 aliphatic carbocycles. The van der Waals surface area contributed by atoms with Crippen molar-refractivity contribution in [2.75, 3.05) is 18.5 Å². The van der Waals surface area contributed by atoms with Gasteiger partial charge in [0.25, 0.3) is 5.91 Å². The molecule has 29 heavy (non-hydrogen) atoms. The van der Waals surface area contributed by atoms with Crippen molar-refractivity contribution in [1.29, 1.82) is 0 Å². The third-order valence-corrected chi connectivity index (χ3v) is 5.00. The van der Waals surface area contributed by atoms with Gasteiger partial charge in [0.1, 0.15) is 6.61 Å². The zero-order valence-corrected chi connectivity index (χ0v) is 15.8. The first-order valence-corrected chi connectivity index (χ1v) is 9.59. The number of amides is 1. The van der Waals surface area contributed by atoms with Gasteiger partial charge in [-0.3, -0.25) is 4.79 Å². The fourth-order valence-corrected chi connectivity index (χ4v) is 3.42. The van der Waals surface area contributed by atoms with Gasteiger partial charge in [0.15, 0.2) is 6.10 Å². The number of ether oxygens (including phenoxy) is 3. The van der Waals surface area contributed by atoms with E-state index in [0.717, 1.165) is 18.4 Å². The Labute approximate surface area is 168 Å². The van der Waals surface area contributed by atoms with E-state index in [4.69, 9.17) is 14.2 Å². The topological polar surface area (TPSA) is 90.9 Å². The minimum atomic E-state index is -0.895. The molecular formula is C22H21NO6. The van der Waals surface area contributed by atoms with E-state index in [1.807, 2.05) is 12.1 Å². The maximum Gasteiger partial charge on any atom is 0.339 e. The molecule has 0 radical (unpaired) electrons. The molecule has 1 amide bonds. The molecule has 7 heteroatoms. The predicted molar refractivity (Wildman–Crippen MR) is 104 cm³/mol. The Morgan fingerprint density at radius 3 is 2.66 bits per heavy atom. The lowest BCUT2D eigenvalue weighted by atomic mass is 9.98. The highest BCUT2D eigenvalue weighted by Crippen LogP contribution is 2.22. The second kappa shape index (κ2) is 8.45. The van der Waals surface area contributed by atoms with Gasteiger partial charge in [-0.15, -0.1) is 0 Å². The van der Waals surface area contributed by atoms with Crippen LogP contribution in [0.5, 0.6) is 0 Å². The van der Waals surface area contributed by atoms with Gasteiger partial charge in [0.05, 0.1) is 17.2 Å². The van der Waals surface area contributed by atoms with E-state index >= 15 is 0 Å². The van der Waals surface area contributed by atoms with E-state index in [0.29, 0.717) is 29.8 Å². The summed E-state index contributed by atoms with van der Waals surface area (Å²) in [5, 5.41) is 2.72. The molecule has 0 aromatic heterocycles. The van der Waals surface area contributed by atoms with Crippen molar-refractivity contribution in [3.05, 3.63) is 65.2 Å². The lowest BCUT2D eigenvalue weighted by Crippen LogP contribution is -2.37. The number of carbonyl (C=O) groups is 3. The molecule has 0 bridgehead atoms. The Morgan fingerprint density at radius 2 is 1.90 bits per heavy atom. The number of anilines is 1. The molecule has 150 valence electrons. The maximum atomic E-state index is 12.5. The maximum absolute atomic E-state index is 12.5. The molecule has 4 rings (SSSR count). The van der Waals surface area contributed by atoms with Gasteiger partial charge in [-0.25, -0.2) is 9.59 Å². The van der Waals surface area contributed by atoms with Gasteiger partial charge in [0.2, 0.25) is 0 Å². The Morgan fingerprint density at radius 1 is 1.10 bits per heavy atom. The zero-order chi connectivity index (χ0) is 20.2. The van der Waals surface area contributed by atoms with Gasteiger partial charge in [-0.1, -0.05) is 18.2 Å². The summed E-state index contributed by atoms with van der Waals surface area (Å²) < 4.78 is 15.9. The van der Waals surface area contributed by atoms with Crippen molar-refractivity contribution in [2.45, 2.75) is 31.5 Å². The van der Waals surface area contributed by atoms with Gasteiger partial charge in [-0.2, -0.15) is 0 Å². The van der Waals surface area contributed by atoms with Crippen molar-refractivity contribution in [3.63, 3.8) is 0 Å². The van der Waals surface area contributed by atoms with Crippen molar-refractivity contribution < 1.29 is 28.6 Å². The van der Waals surface area contributed by atoms with Crippen LogP contribution in [0.25, 0.3) is 0 Å². The number of carbonyl (C=O) groups excluding carboxylic acids is 3. The summed E-state index contributed by atoms with van der Waals surface area (Å²) in [6, 6.07) is 13.5. The monoisotopic (exact) mass is 395 g/mol. The number of cyclic esters (lactones) is 1. The van der Waals surface area contributed by atoms with Crippen LogP contribution < -0.4 is 5.32 Å². The van der Waals surface area contributed by atoms with Crippen LogP contribution >= 0.6 is 0 Å². The molecule has 7 nitrogen and oxygen atoms in total. The molecule has 2 unspecified atom stereocenters. The summed E-state index contributed by atoms with van der Waals surface area (Å²) in [5.74, 6) is -1.35. The second-order valence-electron chi connectivity index (χ2n) is 7.06. The summed E-state index contributed by atoms with van der Waals surface area (Å²) in [6.45, 7) is 0.949. The van der Waals surface area contributed by atoms with E-state index in [1.54, 1.807) is 36.4 Å². The number of nitrogens with one attached hydrogen (secondary N) is 1. The highest BCUT2D eigenvalue weighted by molar-refractivity contribution is 6.00. The zero-order valence-electron chi connectivity index (χ0n) is 15.8. The Bertz CT molecular complexity index is 917. The molecule has 2 heterocycles. The van der Waals surface area contributed by atoms with E-state index in [9.17, 15) is 14.4 Å². The molecule has 1 fully saturated rings. The fraction of sp³-hybridized carbons (Fsp3) is 0.318. The first kappa shape index (κ1) is 19.1. The van der Waals surface area contributed by atoms with E-state index in [2.05, 4.69) is 5.32 Å². The molecule has 2 aliphatic heterocycles. The summed E-state index contributed by atoms with van der Waals surface area (Å²) in [7, 11) is 0. The second-order valence-corrected chi connectivity index (χ2v) is 7.06. The van der Waals surface area contributed by atoms with E-state index < -0.39 is 23.9 Å². The molecule has 0 saturated carbocycles. The van der Waals surface area contributed by atoms with Crippen LogP contribution in [0.2, 0.25) is 0 Å². The average molecular weight is 395 g/mol. The van der Waals surface area contributed by atoms with Gasteiger partial charge >= 0.3 is 11.9 Å². The standard InChI is InChI=1S/C22H21NO6/c24-20(19-12-15-4-1-2-6-18(15)22(26)29-19)23-16-9-7-14(8-10-16)21(25)28-13-17-5-3-11-27-17/h1-2,4,6-10,17,19H,3,5,11-13H2,(H,23,24). The van der Waals surface area contributed by atoms with Crippen molar-refractivity contribution in [1.82, 2.24) is 0 Å². The Kier molecular flexibility index (Phi) is 5.57. The van der Waals surface area contributed by atoms with Crippen LogP contribution in [0, 0.1) is 0 Å². The van der Waals surface area contributed by atoms with Crippen LogP contribution in [0.3, 0.4) is 0 Å². The third-order valence-electron chi connectivity index (χ3n) is 5.00. The largest absolute Gasteiger partial charge is 0.459 e. The van der Waals surface area contributed by atoms with Crippen LogP contribution in [0.15, 0.2) is 48.5 Å². The summed E-state index contributed by atoms with van der Waals surface area (Å²) in [5.41, 5.74) is 2.16. The SMILES string of the molecule is O=C(OCC1CCCO1)c1ccc(NC(=O)C2Cc3ccccc3C(=O)O2)cc1. The molecule has 2 aromatic carbocycles. The van der Waals surface area contributed by atoms with E-state index in [1.165, 1.54) is 0 Å². The van der Waals surface area contributed by atoms with Crippen molar-refractivity contribution in [3.8, 4) is 0 Å². The smallest absolute Gasteiger partial charge is 0.339 e. The Balaban J connectivity index is 1.33. The van der Waals surface area contributed by atoms with Crippen LogP contribution in [0.4, 0.5) is 5.69 Å². The van der Waals surface area contributed by atoms with Crippen LogP contribution in [-0.4, -0.2) is 43.3 Å². The van der Waals surface area contributed by atoms with Gasteiger partial charge in [-0.05, 0) is 48.7 Å². The average Bonchev–Trinajstić information content (AvgIpc) is 3.26. The minimum absolute atomic E-state index is 0.0270. The van der Waals surface area contributed by atoms with Crippen LogP contribution in [-0.2, 0) is 25.4 Å². The highest BCUT2D eigenvalue weighted by atomic mass is 16.6. The number of hydrogen-bond acceptors (Lipinski definition) is 6. The third kappa shape index (κ3) is 4.46. The van der Waals surface area contributed by atoms with E-state index in [-0.39, 0.29) is 12.7 Å². The summed E-state index contributed by atoms with van der Waals surface area (Å²) in [4.78, 5) is 36.7. The molecule has 2 atom stereocenters. The number of benzene rings is 2. The predicted octanol–water partition coefficient (Wildman–Crippen LogP) is 2.74.